The van der Waals surface area contributed by atoms with Crippen molar-refractivity contribution in [2.24, 2.45) is 0 Å². The van der Waals surface area contributed by atoms with E-state index in [1.54, 1.807) is 0 Å². The highest BCUT2D eigenvalue weighted by Gasteiger charge is 2.26. The smallest absolute Gasteiger partial charge is 0.146 e. The molecule has 2 aliphatic carbocycles. The van der Waals surface area contributed by atoms with Crippen molar-refractivity contribution in [3.05, 3.63) is 108 Å². The fourth-order valence-corrected chi connectivity index (χ4v) is 6.40. The lowest BCUT2D eigenvalue weighted by atomic mass is 9.96. The highest BCUT2D eigenvalue weighted by atomic mass is 15.0. The SMILES string of the molecule is c1ccc2c(c1)Cc1cc3c(cc1-2)-c1cc2c(cc1C3)c1nc3cnccc3n1c1cccnc21. The highest BCUT2D eigenvalue weighted by molar-refractivity contribution is 6.14. The van der Waals surface area contributed by atoms with Gasteiger partial charge in [0.15, 0.2) is 0 Å². The van der Waals surface area contributed by atoms with Crippen LogP contribution in [-0.4, -0.2) is 19.4 Å². The minimum absolute atomic E-state index is 0.907. The van der Waals surface area contributed by atoms with Crippen molar-refractivity contribution in [3.63, 3.8) is 0 Å². The standard InChI is InChI=1S/C31H18N4/c1-2-5-21-17(4-1)10-18-11-19-12-20-13-26-25(15-24(20)23(19)14-22(18)21)30-29(6-3-8-33-30)35-28-7-9-32-16-27(28)34-31(26)35/h1-9,11,13-16H,10,12H2. The number of pyridine rings is 3. The molecule has 0 spiro atoms. The third kappa shape index (κ3) is 2.20. The summed E-state index contributed by atoms with van der Waals surface area (Å²) in [7, 11) is 0. The van der Waals surface area contributed by atoms with Crippen LogP contribution < -0.4 is 0 Å². The van der Waals surface area contributed by atoms with Crippen LogP contribution in [0.4, 0.5) is 0 Å². The van der Waals surface area contributed by atoms with Crippen LogP contribution in [-0.2, 0) is 12.8 Å². The predicted molar refractivity (Wildman–Crippen MR) is 140 cm³/mol. The Balaban J connectivity index is 1.39. The van der Waals surface area contributed by atoms with E-state index >= 15 is 0 Å². The lowest BCUT2D eigenvalue weighted by Crippen LogP contribution is -1.94. The molecule has 0 bridgehead atoms. The Morgan fingerprint density at radius 2 is 1.46 bits per heavy atom. The van der Waals surface area contributed by atoms with E-state index in [2.05, 4.69) is 64.0 Å². The van der Waals surface area contributed by atoms with Crippen molar-refractivity contribution in [1.82, 2.24) is 19.4 Å². The van der Waals surface area contributed by atoms with Crippen molar-refractivity contribution in [2.45, 2.75) is 12.8 Å². The maximum absolute atomic E-state index is 5.02. The maximum atomic E-state index is 5.02. The van der Waals surface area contributed by atoms with Gasteiger partial charge in [0.1, 0.15) is 11.2 Å². The number of hydrogen-bond acceptors (Lipinski definition) is 3. The lowest BCUT2D eigenvalue weighted by Gasteiger charge is -2.11. The molecule has 35 heavy (non-hydrogen) atoms. The molecule has 0 radical (unpaired) electrons. The molecule has 162 valence electrons. The average molecular weight is 447 g/mol. The molecular weight excluding hydrogens is 428 g/mol. The molecule has 0 unspecified atom stereocenters. The van der Waals surface area contributed by atoms with E-state index in [4.69, 9.17) is 9.97 Å². The summed E-state index contributed by atoms with van der Waals surface area (Å²) in [4.78, 5) is 14.2. The summed E-state index contributed by atoms with van der Waals surface area (Å²) in [6.07, 6.45) is 7.55. The summed E-state index contributed by atoms with van der Waals surface area (Å²) < 4.78 is 2.24. The topological polar surface area (TPSA) is 43.1 Å². The predicted octanol–water partition coefficient (Wildman–Crippen LogP) is 6.73. The van der Waals surface area contributed by atoms with Crippen LogP contribution >= 0.6 is 0 Å². The van der Waals surface area contributed by atoms with Gasteiger partial charge in [-0.1, -0.05) is 30.3 Å². The first-order valence-electron chi connectivity index (χ1n) is 12.0. The van der Waals surface area contributed by atoms with Crippen molar-refractivity contribution in [3.8, 4) is 22.3 Å². The summed E-state index contributed by atoms with van der Waals surface area (Å²) in [6.45, 7) is 0. The van der Waals surface area contributed by atoms with Crippen LogP contribution in [0.5, 0.6) is 0 Å². The molecule has 0 fully saturated rings. The van der Waals surface area contributed by atoms with Crippen molar-refractivity contribution in [2.75, 3.05) is 0 Å². The molecular formula is C31H18N4. The monoisotopic (exact) mass is 446 g/mol. The summed E-state index contributed by atoms with van der Waals surface area (Å²) in [6, 6.07) is 24.6. The Hall–Kier alpha value is -4.57. The van der Waals surface area contributed by atoms with E-state index in [1.807, 2.05) is 30.7 Å². The normalized spacial score (nSPS) is 13.5. The van der Waals surface area contributed by atoms with Gasteiger partial charge in [-0.05, 0) is 93.7 Å². The van der Waals surface area contributed by atoms with Crippen molar-refractivity contribution in [1.29, 1.82) is 0 Å². The molecule has 4 heterocycles. The lowest BCUT2D eigenvalue weighted by molar-refractivity contribution is 1.21. The molecule has 0 saturated heterocycles. The molecule has 2 aliphatic rings. The van der Waals surface area contributed by atoms with Gasteiger partial charge in [0.2, 0.25) is 0 Å². The van der Waals surface area contributed by atoms with E-state index in [1.165, 1.54) is 44.5 Å². The molecule has 4 aromatic heterocycles. The maximum Gasteiger partial charge on any atom is 0.146 e. The van der Waals surface area contributed by atoms with Crippen LogP contribution in [0, 0.1) is 0 Å². The molecule has 9 rings (SSSR count). The second kappa shape index (κ2) is 6.10. The molecule has 0 saturated carbocycles. The number of aromatic nitrogens is 4. The van der Waals surface area contributed by atoms with Crippen LogP contribution in [0.3, 0.4) is 0 Å². The Labute approximate surface area is 200 Å². The molecule has 0 N–H and O–H groups in total. The number of hydrogen-bond donors (Lipinski definition) is 0. The van der Waals surface area contributed by atoms with E-state index in [0.29, 0.717) is 0 Å². The van der Waals surface area contributed by atoms with Gasteiger partial charge >= 0.3 is 0 Å². The van der Waals surface area contributed by atoms with Gasteiger partial charge in [0, 0.05) is 23.2 Å². The molecule has 7 aromatic rings. The first-order chi connectivity index (χ1) is 17.3. The van der Waals surface area contributed by atoms with E-state index in [-0.39, 0.29) is 0 Å². The largest absolute Gasteiger partial charge is 0.290 e. The fraction of sp³-hybridized carbons (Fsp3) is 0.0645. The number of benzene rings is 3. The van der Waals surface area contributed by atoms with E-state index < -0.39 is 0 Å². The number of fused-ring (bicyclic) bond motifs is 14. The summed E-state index contributed by atoms with van der Waals surface area (Å²) >= 11 is 0. The first-order valence-corrected chi connectivity index (χ1v) is 12.0. The highest BCUT2D eigenvalue weighted by Crippen LogP contribution is 2.46. The van der Waals surface area contributed by atoms with E-state index in [9.17, 15) is 0 Å². The Morgan fingerprint density at radius 1 is 0.629 bits per heavy atom. The van der Waals surface area contributed by atoms with Gasteiger partial charge < -0.3 is 0 Å². The minimum Gasteiger partial charge on any atom is -0.290 e. The zero-order valence-corrected chi connectivity index (χ0v) is 18.8. The van der Waals surface area contributed by atoms with Gasteiger partial charge in [0.05, 0.1) is 22.7 Å². The molecule has 3 aromatic carbocycles. The van der Waals surface area contributed by atoms with Crippen LogP contribution in [0.1, 0.15) is 22.3 Å². The Morgan fingerprint density at radius 3 is 2.43 bits per heavy atom. The molecule has 0 aliphatic heterocycles. The van der Waals surface area contributed by atoms with Crippen molar-refractivity contribution < 1.29 is 0 Å². The van der Waals surface area contributed by atoms with Gasteiger partial charge in [-0.25, -0.2) is 4.98 Å². The van der Waals surface area contributed by atoms with Crippen molar-refractivity contribution >= 4 is 38.5 Å². The molecule has 0 amide bonds. The average Bonchev–Trinajstić information content (AvgIpc) is 3.57. The zero-order chi connectivity index (χ0) is 22.7. The molecule has 4 heteroatoms. The van der Waals surface area contributed by atoms with Gasteiger partial charge in [-0.15, -0.1) is 0 Å². The molecule has 0 atom stereocenters. The number of nitrogens with zero attached hydrogens (tertiary/aromatic N) is 4. The van der Waals surface area contributed by atoms with Gasteiger partial charge in [-0.3, -0.25) is 14.4 Å². The summed E-state index contributed by atoms with van der Waals surface area (Å²) in [5.41, 5.74) is 16.2. The second-order valence-electron chi connectivity index (χ2n) is 9.74. The Bertz CT molecular complexity index is 2070. The van der Waals surface area contributed by atoms with Crippen LogP contribution in [0.15, 0.2) is 85.3 Å². The van der Waals surface area contributed by atoms with Crippen LogP contribution in [0.25, 0.3) is 60.7 Å². The summed E-state index contributed by atoms with van der Waals surface area (Å²) in [5.74, 6) is 0. The number of rotatable bonds is 0. The first kappa shape index (κ1) is 17.8. The van der Waals surface area contributed by atoms with E-state index in [0.717, 1.165) is 51.3 Å². The quantitative estimate of drug-likeness (QED) is 0.243. The second-order valence-corrected chi connectivity index (χ2v) is 9.74. The van der Waals surface area contributed by atoms with Gasteiger partial charge in [-0.2, -0.15) is 0 Å². The third-order valence-corrected chi connectivity index (χ3v) is 7.91. The Kier molecular flexibility index (Phi) is 3.11. The number of imidazole rings is 1. The van der Waals surface area contributed by atoms with Crippen LogP contribution in [0.2, 0.25) is 0 Å². The third-order valence-electron chi connectivity index (χ3n) is 7.91. The fourth-order valence-electron chi connectivity index (χ4n) is 6.40. The molecule has 4 nitrogen and oxygen atoms in total. The van der Waals surface area contributed by atoms with Gasteiger partial charge in [0.25, 0.3) is 0 Å². The zero-order valence-electron chi connectivity index (χ0n) is 18.8. The summed E-state index contributed by atoms with van der Waals surface area (Å²) in [5, 5.41) is 2.31. The minimum atomic E-state index is 0.907.